The molecule has 0 saturated carbocycles. The van der Waals surface area contributed by atoms with E-state index < -0.39 is 56.8 Å². The van der Waals surface area contributed by atoms with Crippen LogP contribution in [0.25, 0.3) is 0 Å². The Balaban J connectivity index is 5.98. The summed E-state index contributed by atoms with van der Waals surface area (Å²) in [5, 5.41) is 0. The first-order valence-corrected chi connectivity index (χ1v) is 10.3. The SMILES string of the molecule is CCO[Si](C)(CCC(F)(F)C(F)(F)C(F)(F)C(F)(F)C(F)(F)C(F)(F)F)OCC. The van der Waals surface area contributed by atoms with Crippen LogP contribution in [0.1, 0.15) is 20.3 Å². The van der Waals surface area contributed by atoms with Crippen molar-refractivity contribution in [3.05, 3.63) is 0 Å². The third kappa shape index (κ3) is 4.94. The fourth-order valence-corrected chi connectivity index (χ4v) is 4.50. The summed E-state index contributed by atoms with van der Waals surface area (Å²) in [6.07, 6.45) is -9.72. The van der Waals surface area contributed by atoms with E-state index in [1.165, 1.54) is 13.8 Å². The van der Waals surface area contributed by atoms with Gasteiger partial charge in [-0.3, -0.25) is 0 Å². The Bertz CT molecular complexity index is 541. The van der Waals surface area contributed by atoms with Gasteiger partial charge in [-0.05, 0) is 26.4 Å². The Kier molecular flexibility index (Phi) is 8.17. The van der Waals surface area contributed by atoms with Crippen molar-refractivity contribution in [1.82, 2.24) is 0 Å². The van der Waals surface area contributed by atoms with E-state index in [9.17, 15) is 57.1 Å². The van der Waals surface area contributed by atoms with Crippen molar-refractivity contribution in [3.8, 4) is 0 Å². The number of halogens is 13. The standard InChI is InChI=1S/C13H17F13O2Si/c1-4-27-29(3,28-5-2)7-6-8(14,15)9(16,17)10(18,19)11(20,21)12(22,23)13(24,25)26/h4-7H2,1-3H3. The molecule has 0 heterocycles. The second-order valence-electron chi connectivity index (χ2n) is 6.00. The molecule has 0 amide bonds. The Morgan fingerprint density at radius 3 is 1.24 bits per heavy atom. The van der Waals surface area contributed by atoms with E-state index in [0.29, 0.717) is 0 Å². The van der Waals surface area contributed by atoms with Crippen LogP contribution in [0.4, 0.5) is 57.1 Å². The summed E-state index contributed by atoms with van der Waals surface area (Å²) in [6, 6.07) is -1.17. The molecule has 0 atom stereocenters. The maximum Gasteiger partial charge on any atom is 0.460 e. The van der Waals surface area contributed by atoms with Gasteiger partial charge in [-0.2, -0.15) is 57.1 Å². The van der Waals surface area contributed by atoms with Gasteiger partial charge in [0.1, 0.15) is 0 Å². The highest BCUT2D eigenvalue weighted by Crippen LogP contribution is 2.60. The van der Waals surface area contributed by atoms with E-state index >= 15 is 0 Å². The van der Waals surface area contributed by atoms with E-state index in [1.807, 2.05) is 0 Å². The van der Waals surface area contributed by atoms with Crippen molar-refractivity contribution in [2.45, 2.75) is 68.6 Å². The summed E-state index contributed by atoms with van der Waals surface area (Å²) >= 11 is 0. The molecule has 176 valence electrons. The summed E-state index contributed by atoms with van der Waals surface area (Å²) in [4.78, 5) is 0. The molecule has 0 rings (SSSR count). The third-order valence-corrected chi connectivity index (χ3v) is 6.75. The zero-order valence-corrected chi connectivity index (χ0v) is 16.1. The summed E-state index contributed by atoms with van der Waals surface area (Å²) < 4.78 is 179. The molecule has 16 heteroatoms. The highest BCUT2D eigenvalue weighted by molar-refractivity contribution is 6.66. The van der Waals surface area contributed by atoms with Gasteiger partial charge < -0.3 is 8.85 Å². The first-order chi connectivity index (χ1) is 12.6. The minimum absolute atomic E-state index is 0.184. The van der Waals surface area contributed by atoms with Crippen LogP contribution in [0.5, 0.6) is 0 Å². The van der Waals surface area contributed by atoms with Gasteiger partial charge in [0.25, 0.3) is 0 Å². The van der Waals surface area contributed by atoms with Crippen molar-refractivity contribution >= 4 is 8.56 Å². The average molecular weight is 480 g/mol. The number of hydrogen-bond acceptors (Lipinski definition) is 2. The lowest BCUT2D eigenvalue weighted by Crippen LogP contribution is -2.70. The van der Waals surface area contributed by atoms with Gasteiger partial charge in [0.15, 0.2) is 0 Å². The van der Waals surface area contributed by atoms with E-state index in [4.69, 9.17) is 8.85 Å². The van der Waals surface area contributed by atoms with Crippen LogP contribution in [-0.2, 0) is 8.85 Å². The highest BCUT2D eigenvalue weighted by atomic mass is 28.4. The minimum atomic E-state index is -7.88. The van der Waals surface area contributed by atoms with Crippen molar-refractivity contribution in [2.75, 3.05) is 13.2 Å². The zero-order valence-electron chi connectivity index (χ0n) is 15.1. The highest BCUT2D eigenvalue weighted by Gasteiger charge is 2.90. The Morgan fingerprint density at radius 2 is 0.931 bits per heavy atom. The predicted octanol–water partition coefficient (Wildman–Crippen LogP) is 6.26. The second-order valence-corrected chi connectivity index (χ2v) is 9.34. The fraction of sp³-hybridized carbons (Fsp3) is 1.00. The van der Waals surface area contributed by atoms with Crippen LogP contribution < -0.4 is 0 Å². The summed E-state index contributed by atoms with van der Waals surface area (Å²) in [5.41, 5.74) is 0. The van der Waals surface area contributed by atoms with E-state index in [0.717, 1.165) is 6.55 Å². The average Bonchev–Trinajstić information content (AvgIpc) is 2.52. The van der Waals surface area contributed by atoms with Crippen LogP contribution >= 0.6 is 0 Å². The lowest BCUT2D eigenvalue weighted by Gasteiger charge is -2.40. The van der Waals surface area contributed by atoms with Crippen LogP contribution in [0.15, 0.2) is 0 Å². The van der Waals surface area contributed by atoms with E-state index in [-0.39, 0.29) is 13.2 Å². The number of hydrogen-bond donors (Lipinski definition) is 0. The van der Waals surface area contributed by atoms with Crippen LogP contribution in [0.2, 0.25) is 12.6 Å². The molecule has 29 heavy (non-hydrogen) atoms. The first kappa shape index (κ1) is 28.2. The topological polar surface area (TPSA) is 18.5 Å². The zero-order chi connectivity index (χ0) is 23.7. The summed E-state index contributed by atoms with van der Waals surface area (Å²) in [5.74, 6) is -36.7. The fourth-order valence-electron chi connectivity index (χ4n) is 2.14. The second kappa shape index (κ2) is 8.40. The molecule has 0 saturated heterocycles. The molecule has 0 aliphatic heterocycles. The molecule has 0 N–H and O–H groups in total. The molecule has 0 spiro atoms. The van der Waals surface area contributed by atoms with Crippen molar-refractivity contribution in [1.29, 1.82) is 0 Å². The van der Waals surface area contributed by atoms with Crippen molar-refractivity contribution in [3.63, 3.8) is 0 Å². The molecule has 0 aromatic rings. The lowest BCUT2D eigenvalue weighted by molar-refractivity contribution is -0.440. The molecular weight excluding hydrogens is 463 g/mol. The maximum atomic E-state index is 13.7. The van der Waals surface area contributed by atoms with Crippen LogP contribution in [-0.4, -0.2) is 57.6 Å². The normalized spacial score (nSPS) is 15.7. The summed E-state index contributed by atoms with van der Waals surface area (Å²) in [6.45, 7) is 3.36. The first-order valence-electron chi connectivity index (χ1n) is 7.81. The molecule has 0 radical (unpaired) electrons. The van der Waals surface area contributed by atoms with Gasteiger partial charge in [0.05, 0.1) is 0 Å². The van der Waals surface area contributed by atoms with Crippen molar-refractivity contribution in [2.24, 2.45) is 0 Å². The van der Waals surface area contributed by atoms with Gasteiger partial charge in [-0.25, -0.2) is 0 Å². The van der Waals surface area contributed by atoms with Gasteiger partial charge in [0.2, 0.25) is 0 Å². The smallest absolute Gasteiger partial charge is 0.395 e. The van der Waals surface area contributed by atoms with Gasteiger partial charge >= 0.3 is 44.3 Å². The molecule has 0 aliphatic rings. The quantitative estimate of drug-likeness (QED) is 0.257. The molecule has 0 aromatic heterocycles. The van der Waals surface area contributed by atoms with Crippen LogP contribution in [0.3, 0.4) is 0 Å². The molecular formula is C13H17F13O2Si. The Hall–Kier alpha value is -0.773. The summed E-state index contributed by atoms with van der Waals surface area (Å²) in [7, 11) is -3.68. The Morgan fingerprint density at radius 1 is 0.586 bits per heavy atom. The number of rotatable bonds is 11. The molecule has 2 nitrogen and oxygen atoms in total. The molecule has 0 unspecified atom stereocenters. The third-order valence-electron chi connectivity index (χ3n) is 3.79. The van der Waals surface area contributed by atoms with Gasteiger partial charge in [-0.15, -0.1) is 0 Å². The maximum absolute atomic E-state index is 13.7. The van der Waals surface area contributed by atoms with Crippen LogP contribution in [0, 0.1) is 0 Å². The van der Waals surface area contributed by atoms with Crippen molar-refractivity contribution < 1.29 is 65.9 Å². The molecule has 0 fully saturated rings. The molecule has 0 aromatic carbocycles. The molecule has 0 bridgehead atoms. The Labute approximate surface area is 157 Å². The largest absolute Gasteiger partial charge is 0.460 e. The van der Waals surface area contributed by atoms with E-state index in [2.05, 4.69) is 0 Å². The number of alkyl halides is 13. The predicted molar refractivity (Wildman–Crippen MR) is 75.1 cm³/mol. The monoisotopic (exact) mass is 480 g/mol. The van der Waals surface area contributed by atoms with Gasteiger partial charge in [0, 0.05) is 19.6 Å². The van der Waals surface area contributed by atoms with Gasteiger partial charge in [-0.1, -0.05) is 0 Å². The molecule has 0 aliphatic carbocycles. The lowest BCUT2D eigenvalue weighted by atomic mass is 9.93. The minimum Gasteiger partial charge on any atom is -0.395 e. The van der Waals surface area contributed by atoms with E-state index in [1.54, 1.807) is 0 Å².